The van der Waals surface area contributed by atoms with Gasteiger partial charge in [0.15, 0.2) is 5.82 Å². The Hall–Kier alpha value is -2.39. The van der Waals surface area contributed by atoms with Crippen molar-refractivity contribution < 1.29 is 18.0 Å². The fourth-order valence-electron chi connectivity index (χ4n) is 3.43. The van der Waals surface area contributed by atoms with Gasteiger partial charge >= 0.3 is 6.18 Å². The number of hydroxylamine groups is 1. The molecular formula is C18H20F3N5O. The molecule has 2 atom stereocenters. The van der Waals surface area contributed by atoms with Crippen molar-refractivity contribution in [2.45, 2.75) is 31.1 Å². The van der Waals surface area contributed by atoms with Crippen molar-refractivity contribution in [1.82, 2.24) is 15.3 Å². The van der Waals surface area contributed by atoms with Crippen molar-refractivity contribution >= 4 is 11.8 Å². The van der Waals surface area contributed by atoms with E-state index in [2.05, 4.69) is 20.6 Å². The molecule has 0 saturated carbocycles. The lowest BCUT2D eigenvalue weighted by atomic mass is 10.0. The maximum atomic E-state index is 13.6. The van der Waals surface area contributed by atoms with E-state index in [9.17, 15) is 13.2 Å². The molecule has 4 rings (SSSR count). The van der Waals surface area contributed by atoms with Crippen LogP contribution in [-0.2, 0) is 11.0 Å². The van der Waals surface area contributed by atoms with E-state index < -0.39 is 11.7 Å². The van der Waals surface area contributed by atoms with Gasteiger partial charge in [0, 0.05) is 25.2 Å². The summed E-state index contributed by atoms with van der Waals surface area (Å²) in [6.07, 6.45) is -2.29. The summed E-state index contributed by atoms with van der Waals surface area (Å²) < 4.78 is 40.7. The van der Waals surface area contributed by atoms with Gasteiger partial charge in [0.25, 0.3) is 0 Å². The summed E-state index contributed by atoms with van der Waals surface area (Å²) in [4.78, 5) is 13.6. The lowest BCUT2D eigenvalue weighted by Gasteiger charge is -2.26. The first kappa shape index (κ1) is 18.0. The minimum Gasteiger partial charge on any atom is -0.350 e. The van der Waals surface area contributed by atoms with Gasteiger partial charge in [-0.2, -0.15) is 18.2 Å². The Kier molecular flexibility index (Phi) is 4.88. The molecule has 0 bridgehead atoms. The molecule has 9 heteroatoms. The van der Waals surface area contributed by atoms with Gasteiger partial charge in [-0.3, -0.25) is 4.84 Å². The minimum absolute atomic E-state index is 0.0963. The van der Waals surface area contributed by atoms with Crippen molar-refractivity contribution in [3.05, 3.63) is 47.7 Å². The van der Waals surface area contributed by atoms with E-state index >= 15 is 0 Å². The van der Waals surface area contributed by atoms with Crippen molar-refractivity contribution in [1.29, 1.82) is 0 Å². The molecule has 0 spiro atoms. The summed E-state index contributed by atoms with van der Waals surface area (Å²) in [5.41, 5.74) is -0.0170. The van der Waals surface area contributed by atoms with Gasteiger partial charge in [-0.25, -0.2) is 10.0 Å². The van der Waals surface area contributed by atoms with Crippen LogP contribution in [0.1, 0.15) is 30.0 Å². The summed E-state index contributed by atoms with van der Waals surface area (Å²) in [6, 6.07) is 9.11. The fraction of sp³-hybridized carbons (Fsp3) is 0.444. The fourth-order valence-corrected chi connectivity index (χ4v) is 3.43. The lowest BCUT2D eigenvalue weighted by molar-refractivity contribution is -0.138. The number of alkyl halides is 3. The van der Waals surface area contributed by atoms with Crippen LogP contribution in [0.4, 0.5) is 24.9 Å². The second-order valence-electron chi connectivity index (χ2n) is 6.64. The molecular weight excluding hydrogens is 359 g/mol. The number of hydrogen-bond donors (Lipinski definition) is 2. The molecule has 1 aromatic heterocycles. The molecule has 2 N–H and O–H groups in total. The Morgan fingerprint density at radius 3 is 2.70 bits per heavy atom. The zero-order valence-corrected chi connectivity index (χ0v) is 14.5. The third kappa shape index (κ3) is 3.84. The highest BCUT2D eigenvalue weighted by atomic mass is 19.4. The Morgan fingerprint density at radius 1 is 1.19 bits per heavy atom. The molecule has 2 aliphatic heterocycles. The summed E-state index contributed by atoms with van der Waals surface area (Å²) in [6.45, 7) is 1.92. The third-order valence-electron chi connectivity index (χ3n) is 4.77. The normalized spacial score (nSPS) is 23.0. The van der Waals surface area contributed by atoms with Crippen molar-refractivity contribution in [2.75, 3.05) is 30.1 Å². The number of rotatable bonds is 4. The Bertz CT molecular complexity index is 780. The lowest BCUT2D eigenvalue weighted by Crippen LogP contribution is -2.28. The average Bonchev–Trinajstić information content (AvgIpc) is 3.33. The van der Waals surface area contributed by atoms with Crippen LogP contribution in [0.15, 0.2) is 36.5 Å². The number of nitrogens with one attached hydrogen (secondary N) is 2. The Morgan fingerprint density at radius 2 is 2.00 bits per heavy atom. The van der Waals surface area contributed by atoms with Crippen LogP contribution in [0.2, 0.25) is 0 Å². The van der Waals surface area contributed by atoms with Crippen molar-refractivity contribution in [2.24, 2.45) is 0 Å². The standard InChI is InChI=1S/C18H20F3N5O/c19-18(20,21)14-11-23-17(24-13-6-8-22-10-13)25-16(14)26-15(7-9-27-26)12-4-2-1-3-5-12/h1-5,11,13,15,22H,6-10H2,(H,23,24,25)/t13-,15-/m0/s1. The van der Waals surface area contributed by atoms with E-state index in [1.165, 1.54) is 5.06 Å². The Balaban J connectivity index is 1.69. The third-order valence-corrected chi connectivity index (χ3v) is 4.77. The van der Waals surface area contributed by atoms with Gasteiger partial charge in [0.2, 0.25) is 5.95 Å². The average molecular weight is 379 g/mol. The number of aromatic nitrogens is 2. The molecule has 2 fully saturated rings. The van der Waals surface area contributed by atoms with Crippen molar-refractivity contribution in [3.8, 4) is 0 Å². The van der Waals surface area contributed by atoms with E-state index in [4.69, 9.17) is 4.84 Å². The Labute approximate surface area is 154 Å². The van der Waals surface area contributed by atoms with E-state index in [1.807, 2.05) is 30.3 Å². The summed E-state index contributed by atoms with van der Waals surface area (Å²) in [5.74, 6) is -0.0775. The molecule has 2 aromatic rings. The zero-order chi connectivity index (χ0) is 18.9. The van der Waals surface area contributed by atoms with E-state index in [-0.39, 0.29) is 23.8 Å². The van der Waals surface area contributed by atoms with Gasteiger partial charge < -0.3 is 10.6 Å². The van der Waals surface area contributed by atoms with Gasteiger partial charge in [0.1, 0.15) is 5.56 Å². The van der Waals surface area contributed by atoms with Crippen LogP contribution < -0.4 is 15.7 Å². The number of halogens is 3. The monoisotopic (exact) mass is 379 g/mol. The van der Waals surface area contributed by atoms with Crippen LogP contribution in [0.25, 0.3) is 0 Å². The number of nitrogens with zero attached hydrogens (tertiary/aromatic N) is 3. The van der Waals surface area contributed by atoms with Crippen LogP contribution >= 0.6 is 0 Å². The second kappa shape index (κ2) is 7.32. The minimum atomic E-state index is -4.57. The highest BCUT2D eigenvalue weighted by molar-refractivity contribution is 5.52. The van der Waals surface area contributed by atoms with Crippen LogP contribution in [0, 0.1) is 0 Å². The molecule has 27 heavy (non-hydrogen) atoms. The van der Waals surface area contributed by atoms with Crippen LogP contribution in [0.5, 0.6) is 0 Å². The van der Waals surface area contributed by atoms with Gasteiger partial charge in [-0.1, -0.05) is 30.3 Å². The molecule has 2 saturated heterocycles. The second-order valence-corrected chi connectivity index (χ2v) is 6.64. The van der Waals surface area contributed by atoms with E-state index in [1.54, 1.807) is 0 Å². The molecule has 1 aromatic carbocycles. The first-order valence-electron chi connectivity index (χ1n) is 8.91. The van der Waals surface area contributed by atoms with Gasteiger partial charge in [0.05, 0.1) is 12.6 Å². The molecule has 2 aliphatic rings. The molecule has 6 nitrogen and oxygen atoms in total. The number of hydrogen-bond acceptors (Lipinski definition) is 6. The quantitative estimate of drug-likeness (QED) is 0.851. The number of anilines is 2. The molecule has 0 aliphatic carbocycles. The topological polar surface area (TPSA) is 62.3 Å². The zero-order valence-electron chi connectivity index (χ0n) is 14.5. The predicted molar refractivity (Wildman–Crippen MR) is 94.2 cm³/mol. The number of benzene rings is 1. The van der Waals surface area contributed by atoms with Gasteiger partial charge in [-0.15, -0.1) is 0 Å². The highest BCUT2D eigenvalue weighted by Crippen LogP contribution is 2.41. The molecule has 0 radical (unpaired) electrons. The molecule has 3 heterocycles. The van der Waals surface area contributed by atoms with Crippen molar-refractivity contribution in [3.63, 3.8) is 0 Å². The maximum Gasteiger partial charge on any atom is 0.421 e. The first-order chi connectivity index (χ1) is 13.0. The SMILES string of the molecule is FC(F)(F)c1cnc(N[C@H]2CCNC2)nc1N1OCC[C@H]1c1ccccc1. The summed E-state index contributed by atoms with van der Waals surface area (Å²) in [7, 11) is 0. The first-order valence-corrected chi connectivity index (χ1v) is 8.91. The summed E-state index contributed by atoms with van der Waals surface area (Å²) in [5, 5.41) is 7.57. The highest BCUT2D eigenvalue weighted by Gasteiger charge is 2.40. The molecule has 0 amide bonds. The van der Waals surface area contributed by atoms with E-state index in [0.29, 0.717) is 13.0 Å². The van der Waals surface area contributed by atoms with Crippen LogP contribution in [-0.4, -0.2) is 35.7 Å². The van der Waals surface area contributed by atoms with Crippen LogP contribution in [0.3, 0.4) is 0 Å². The summed E-state index contributed by atoms with van der Waals surface area (Å²) >= 11 is 0. The molecule has 0 unspecified atom stereocenters. The largest absolute Gasteiger partial charge is 0.421 e. The maximum absolute atomic E-state index is 13.6. The predicted octanol–water partition coefficient (Wildman–Crippen LogP) is 3.15. The molecule has 144 valence electrons. The smallest absolute Gasteiger partial charge is 0.350 e. The van der Waals surface area contributed by atoms with Gasteiger partial charge in [-0.05, 0) is 18.5 Å². The van der Waals surface area contributed by atoms with E-state index in [0.717, 1.165) is 31.3 Å².